The summed E-state index contributed by atoms with van der Waals surface area (Å²) in [4.78, 5) is 0. The quantitative estimate of drug-likeness (QED) is 0.821. The van der Waals surface area contributed by atoms with Crippen LogP contribution in [-0.4, -0.2) is 17.8 Å². The van der Waals surface area contributed by atoms with Gasteiger partial charge in [0.1, 0.15) is 0 Å². The van der Waals surface area contributed by atoms with Crippen LogP contribution >= 0.6 is 0 Å². The topological polar surface area (TPSA) is 35.4 Å². The molecule has 0 radical (unpaired) electrons. The van der Waals surface area contributed by atoms with Gasteiger partial charge in [0.2, 0.25) is 0 Å². The Kier molecular flexibility index (Phi) is 5.21. The minimum absolute atomic E-state index is 0.420. The molecule has 140 valence electrons. The normalized spacial score (nSPS) is 20.2. The number of hydrogen-bond donors (Lipinski definition) is 1. The second-order valence-electron chi connectivity index (χ2n) is 7.35. The van der Waals surface area contributed by atoms with E-state index in [0.717, 1.165) is 24.0 Å². The van der Waals surface area contributed by atoms with Gasteiger partial charge in [-0.3, -0.25) is 0 Å². The Morgan fingerprint density at radius 3 is 2.50 bits per heavy atom. The first-order chi connectivity index (χ1) is 12.8. The summed E-state index contributed by atoms with van der Waals surface area (Å²) in [7, 11) is 0. The van der Waals surface area contributed by atoms with Gasteiger partial charge < -0.3 is 19.4 Å². The molecule has 0 bridgehead atoms. The van der Waals surface area contributed by atoms with Gasteiger partial charge in [0.15, 0.2) is 11.5 Å². The molecule has 1 fully saturated rings. The number of hydrogen-bond acceptors (Lipinski definition) is 3. The van der Waals surface area contributed by atoms with Gasteiger partial charge in [-0.1, -0.05) is 19.3 Å². The van der Waals surface area contributed by atoms with Gasteiger partial charge in [0, 0.05) is 24.5 Å². The zero-order valence-electron chi connectivity index (χ0n) is 16.0. The van der Waals surface area contributed by atoms with Crippen molar-refractivity contribution in [1.29, 1.82) is 0 Å². The molecule has 4 rings (SSSR count). The largest absolute Gasteiger partial charge is 0.490 e. The van der Waals surface area contributed by atoms with Crippen molar-refractivity contribution in [1.82, 2.24) is 9.88 Å². The summed E-state index contributed by atoms with van der Waals surface area (Å²) in [5.41, 5.74) is 3.86. The highest BCUT2D eigenvalue weighted by atomic mass is 16.5. The molecule has 26 heavy (non-hydrogen) atoms. The lowest BCUT2D eigenvalue weighted by atomic mass is 9.82. The first-order valence-electron chi connectivity index (χ1n) is 10.1. The van der Waals surface area contributed by atoms with E-state index < -0.39 is 0 Å². The van der Waals surface area contributed by atoms with Crippen molar-refractivity contribution in [3.8, 4) is 17.2 Å². The number of ether oxygens (including phenoxy) is 2. The molecule has 2 aliphatic rings. The number of nitrogens with zero attached hydrogens (tertiary/aromatic N) is 1. The van der Waals surface area contributed by atoms with E-state index in [1.54, 1.807) is 0 Å². The van der Waals surface area contributed by atoms with Crippen molar-refractivity contribution in [2.24, 2.45) is 5.92 Å². The molecule has 1 aromatic heterocycles. The molecule has 1 atom stereocenters. The SMILES string of the molecule is CCOc1cc2c(cc1OCC)-n1cccc1[C@@H](C1CCCCC1)NC2. The van der Waals surface area contributed by atoms with E-state index in [2.05, 4.69) is 40.3 Å². The average molecular weight is 354 g/mol. The number of nitrogens with one attached hydrogen (secondary N) is 1. The maximum atomic E-state index is 5.87. The van der Waals surface area contributed by atoms with Crippen LogP contribution < -0.4 is 14.8 Å². The summed E-state index contributed by atoms with van der Waals surface area (Å²) in [5.74, 6) is 2.41. The summed E-state index contributed by atoms with van der Waals surface area (Å²) in [6.07, 6.45) is 8.95. The molecule has 2 aromatic rings. The molecular formula is C22H30N2O2. The van der Waals surface area contributed by atoms with Crippen LogP contribution in [0.3, 0.4) is 0 Å². The second-order valence-corrected chi connectivity index (χ2v) is 7.35. The molecule has 4 heteroatoms. The van der Waals surface area contributed by atoms with Crippen LogP contribution in [0.15, 0.2) is 30.5 Å². The van der Waals surface area contributed by atoms with E-state index in [-0.39, 0.29) is 0 Å². The van der Waals surface area contributed by atoms with Crippen LogP contribution in [0.2, 0.25) is 0 Å². The van der Waals surface area contributed by atoms with Crippen LogP contribution in [0, 0.1) is 5.92 Å². The molecular weight excluding hydrogens is 324 g/mol. The first kappa shape index (κ1) is 17.5. The van der Waals surface area contributed by atoms with E-state index >= 15 is 0 Å². The Labute approximate surface area is 156 Å². The van der Waals surface area contributed by atoms with Crippen molar-refractivity contribution in [3.63, 3.8) is 0 Å². The highest BCUT2D eigenvalue weighted by molar-refractivity contribution is 5.56. The van der Waals surface area contributed by atoms with Crippen molar-refractivity contribution in [2.45, 2.75) is 58.5 Å². The third-order valence-electron chi connectivity index (χ3n) is 5.74. The lowest BCUT2D eigenvalue weighted by molar-refractivity contribution is 0.267. The molecule has 1 aromatic carbocycles. The fraction of sp³-hybridized carbons (Fsp3) is 0.545. The molecule has 1 aliphatic heterocycles. The third kappa shape index (κ3) is 3.23. The predicted molar refractivity (Wildman–Crippen MR) is 104 cm³/mol. The van der Waals surface area contributed by atoms with Crippen LogP contribution in [0.4, 0.5) is 0 Å². The summed E-state index contributed by atoms with van der Waals surface area (Å²) in [6.45, 7) is 6.18. The van der Waals surface area contributed by atoms with Crippen molar-refractivity contribution < 1.29 is 9.47 Å². The Bertz CT molecular complexity index is 747. The molecule has 0 saturated heterocycles. The standard InChI is InChI=1S/C22H30N2O2/c1-3-25-20-13-17-15-23-22(16-9-6-5-7-10-16)18-11-8-12-24(18)19(17)14-21(20)26-4-2/h8,11-14,16,22-23H,3-7,9-10,15H2,1-2H3/t22-/m1/s1. The van der Waals surface area contributed by atoms with Crippen LogP contribution in [0.25, 0.3) is 5.69 Å². The lowest BCUT2D eigenvalue weighted by Crippen LogP contribution is -2.29. The molecule has 0 unspecified atom stereocenters. The zero-order valence-corrected chi connectivity index (χ0v) is 16.0. The van der Waals surface area contributed by atoms with Crippen molar-refractivity contribution >= 4 is 0 Å². The van der Waals surface area contributed by atoms with E-state index in [1.807, 2.05) is 13.8 Å². The van der Waals surface area contributed by atoms with E-state index in [9.17, 15) is 0 Å². The third-order valence-corrected chi connectivity index (χ3v) is 5.74. The smallest absolute Gasteiger partial charge is 0.163 e. The van der Waals surface area contributed by atoms with Gasteiger partial charge in [-0.15, -0.1) is 0 Å². The maximum absolute atomic E-state index is 5.87. The Morgan fingerprint density at radius 1 is 1.04 bits per heavy atom. The van der Waals surface area contributed by atoms with Crippen molar-refractivity contribution in [3.05, 3.63) is 41.7 Å². The Morgan fingerprint density at radius 2 is 1.77 bits per heavy atom. The fourth-order valence-electron chi connectivity index (χ4n) is 4.56. The lowest BCUT2D eigenvalue weighted by Gasteiger charge is -2.30. The maximum Gasteiger partial charge on any atom is 0.163 e. The van der Waals surface area contributed by atoms with E-state index in [0.29, 0.717) is 19.3 Å². The van der Waals surface area contributed by atoms with Crippen LogP contribution in [0.5, 0.6) is 11.5 Å². The average Bonchev–Trinajstić information content (AvgIpc) is 3.09. The highest BCUT2D eigenvalue weighted by Gasteiger charge is 2.30. The molecule has 1 N–H and O–H groups in total. The monoisotopic (exact) mass is 354 g/mol. The van der Waals surface area contributed by atoms with Crippen LogP contribution in [0.1, 0.15) is 63.3 Å². The van der Waals surface area contributed by atoms with Gasteiger partial charge >= 0.3 is 0 Å². The number of fused-ring (bicyclic) bond motifs is 3. The van der Waals surface area contributed by atoms with E-state index in [1.165, 1.54) is 49.0 Å². The minimum Gasteiger partial charge on any atom is -0.490 e. The zero-order chi connectivity index (χ0) is 17.9. The molecule has 0 amide bonds. The van der Waals surface area contributed by atoms with Gasteiger partial charge in [0.25, 0.3) is 0 Å². The van der Waals surface area contributed by atoms with Crippen LogP contribution in [-0.2, 0) is 6.54 Å². The number of aromatic nitrogens is 1. The van der Waals surface area contributed by atoms with E-state index in [4.69, 9.17) is 9.47 Å². The molecule has 0 spiro atoms. The summed E-state index contributed by atoms with van der Waals surface area (Å²) in [6, 6.07) is 9.17. The summed E-state index contributed by atoms with van der Waals surface area (Å²) < 4.78 is 14.1. The van der Waals surface area contributed by atoms with Gasteiger partial charge in [-0.2, -0.15) is 0 Å². The molecule has 1 aliphatic carbocycles. The van der Waals surface area contributed by atoms with Gasteiger partial charge in [-0.25, -0.2) is 0 Å². The van der Waals surface area contributed by atoms with Gasteiger partial charge in [-0.05, 0) is 56.4 Å². The summed E-state index contributed by atoms with van der Waals surface area (Å²) in [5, 5.41) is 3.85. The first-order valence-corrected chi connectivity index (χ1v) is 10.1. The molecule has 4 nitrogen and oxygen atoms in total. The Balaban J connectivity index is 1.75. The highest BCUT2D eigenvalue weighted by Crippen LogP contribution is 2.40. The predicted octanol–water partition coefficient (Wildman–Crippen LogP) is 5.00. The van der Waals surface area contributed by atoms with Crippen molar-refractivity contribution in [2.75, 3.05) is 13.2 Å². The fourth-order valence-corrected chi connectivity index (χ4v) is 4.56. The number of benzene rings is 1. The summed E-state index contributed by atoms with van der Waals surface area (Å²) >= 11 is 0. The number of rotatable bonds is 5. The molecule has 1 saturated carbocycles. The molecule has 2 heterocycles. The second kappa shape index (κ2) is 7.75. The minimum atomic E-state index is 0.420. The Hall–Kier alpha value is -1.94. The van der Waals surface area contributed by atoms with Gasteiger partial charge in [0.05, 0.1) is 24.9 Å².